The minimum absolute atomic E-state index is 0.0506. The highest BCUT2D eigenvalue weighted by molar-refractivity contribution is 5.76. The zero-order valence-corrected chi connectivity index (χ0v) is 14.5. The van der Waals surface area contributed by atoms with Gasteiger partial charge in [0, 0.05) is 51.1 Å². The van der Waals surface area contributed by atoms with Crippen LogP contribution in [0.15, 0.2) is 0 Å². The van der Waals surface area contributed by atoms with E-state index in [1.807, 2.05) is 11.8 Å². The second kappa shape index (κ2) is 8.82. The molecule has 0 aromatic rings. The van der Waals surface area contributed by atoms with E-state index in [2.05, 4.69) is 18.7 Å². The van der Waals surface area contributed by atoms with E-state index in [1.165, 1.54) is 0 Å². The number of ether oxygens (including phenoxy) is 1. The molecule has 2 atom stereocenters. The largest absolute Gasteiger partial charge is 0.366 e. The normalized spacial score (nSPS) is 21.0. The zero-order chi connectivity index (χ0) is 16.8. The van der Waals surface area contributed by atoms with Gasteiger partial charge in [-0.3, -0.25) is 9.69 Å². The topological polar surface area (TPSA) is 79.0 Å². The molecule has 0 spiro atoms. The van der Waals surface area contributed by atoms with Gasteiger partial charge < -0.3 is 20.5 Å². The van der Waals surface area contributed by atoms with Gasteiger partial charge in [0.1, 0.15) is 0 Å². The Labute approximate surface area is 134 Å². The van der Waals surface area contributed by atoms with Crippen LogP contribution in [0.1, 0.15) is 47.0 Å². The van der Waals surface area contributed by atoms with Crippen LogP contribution in [-0.4, -0.2) is 71.5 Å². The Hall–Kier alpha value is -0.690. The Morgan fingerprint density at radius 3 is 2.36 bits per heavy atom. The number of nitrogens with two attached hydrogens (primary N) is 1. The fourth-order valence-electron chi connectivity index (χ4n) is 2.52. The molecule has 0 aliphatic carbocycles. The lowest BCUT2D eigenvalue weighted by atomic mass is 10.1. The molecule has 0 bridgehead atoms. The molecule has 2 unspecified atom stereocenters. The maximum atomic E-state index is 12.2. The van der Waals surface area contributed by atoms with Gasteiger partial charge in [0.15, 0.2) is 5.79 Å². The first-order valence-corrected chi connectivity index (χ1v) is 8.35. The second-order valence-electron chi connectivity index (χ2n) is 6.80. The summed E-state index contributed by atoms with van der Waals surface area (Å²) in [5, 5.41) is 10.1. The van der Waals surface area contributed by atoms with Crippen LogP contribution in [0.2, 0.25) is 0 Å². The highest BCUT2D eigenvalue weighted by Crippen LogP contribution is 2.16. The minimum atomic E-state index is -1.26. The molecule has 1 rings (SSSR count). The summed E-state index contributed by atoms with van der Waals surface area (Å²) in [6.45, 7) is 11.6. The van der Waals surface area contributed by atoms with Gasteiger partial charge in [-0.15, -0.1) is 0 Å². The Kier molecular flexibility index (Phi) is 7.76. The average molecular weight is 315 g/mol. The van der Waals surface area contributed by atoms with E-state index in [4.69, 9.17) is 10.5 Å². The predicted octanol–water partition coefficient (Wildman–Crippen LogP) is 0.782. The van der Waals surface area contributed by atoms with E-state index in [0.717, 1.165) is 26.2 Å². The molecule has 1 heterocycles. The van der Waals surface area contributed by atoms with Crippen LogP contribution < -0.4 is 5.73 Å². The van der Waals surface area contributed by atoms with Crippen molar-refractivity contribution in [2.75, 3.05) is 32.8 Å². The molecule has 6 heteroatoms. The van der Waals surface area contributed by atoms with Crippen molar-refractivity contribution in [1.82, 2.24) is 9.80 Å². The Bertz CT molecular complexity index is 338. The van der Waals surface area contributed by atoms with Gasteiger partial charge in [0.25, 0.3) is 0 Å². The van der Waals surface area contributed by atoms with Crippen LogP contribution in [0.3, 0.4) is 0 Å². The summed E-state index contributed by atoms with van der Waals surface area (Å²) in [5.41, 5.74) is 5.65. The van der Waals surface area contributed by atoms with E-state index in [9.17, 15) is 9.90 Å². The van der Waals surface area contributed by atoms with Gasteiger partial charge in [-0.25, -0.2) is 0 Å². The summed E-state index contributed by atoms with van der Waals surface area (Å²) in [7, 11) is 0. The molecule has 0 radical (unpaired) electrons. The smallest absolute Gasteiger partial charge is 0.222 e. The lowest BCUT2D eigenvalue weighted by Gasteiger charge is -2.37. The lowest BCUT2D eigenvalue weighted by Crippen LogP contribution is -2.50. The number of nitrogens with zero attached hydrogens (tertiary/aromatic N) is 2. The molecule has 1 aliphatic rings. The van der Waals surface area contributed by atoms with Crippen LogP contribution in [0.25, 0.3) is 0 Å². The van der Waals surface area contributed by atoms with Crippen molar-refractivity contribution in [1.29, 1.82) is 0 Å². The molecule has 130 valence electrons. The van der Waals surface area contributed by atoms with Crippen molar-refractivity contribution in [2.45, 2.75) is 64.8 Å². The van der Waals surface area contributed by atoms with Crippen LogP contribution in [0.4, 0.5) is 0 Å². The van der Waals surface area contributed by atoms with Gasteiger partial charge in [0.2, 0.25) is 5.91 Å². The summed E-state index contributed by atoms with van der Waals surface area (Å²) in [5.74, 6) is -1.16. The highest BCUT2D eigenvalue weighted by Gasteiger charge is 2.26. The third-order valence-electron chi connectivity index (χ3n) is 4.19. The summed E-state index contributed by atoms with van der Waals surface area (Å²) in [6.07, 6.45) is 1.32. The maximum Gasteiger partial charge on any atom is 0.222 e. The fourth-order valence-corrected chi connectivity index (χ4v) is 2.52. The van der Waals surface area contributed by atoms with Gasteiger partial charge in [-0.2, -0.15) is 0 Å². The first kappa shape index (κ1) is 19.4. The molecule has 22 heavy (non-hydrogen) atoms. The first-order chi connectivity index (χ1) is 10.2. The summed E-state index contributed by atoms with van der Waals surface area (Å²) >= 11 is 0. The highest BCUT2D eigenvalue weighted by atomic mass is 16.6. The molecule has 1 fully saturated rings. The second-order valence-corrected chi connectivity index (χ2v) is 6.80. The number of hydrogen-bond acceptors (Lipinski definition) is 5. The molecular formula is C16H33N3O3. The Balaban J connectivity index is 2.27. The molecule has 6 nitrogen and oxygen atoms in total. The van der Waals surface area contributed by atoms with Crippen LogP contribution in [0, 0.1) is 0 Å². The molecule has 0 saturated carbocycles. The van der Waals surface area contributed by atoms with E-state index in [1.54, 1.807) is 6.92 Å². The number of rotatable bonds is 8. The number of aliphatic hydroxyl groups is 1. The third kappa shape index (κ3) is 7.05. The van der Waals surface area contributed by atoms with E-state index in [-0.39, 0.29) is 11.9 Å². The van der Waals surface area contributed by atoms with Gasteiger partial charge in [-0.05, 0) is 34.1 Å². The van der Waals surface area contributed by atoms with Crippen molar-refractivity contribution in [3.05, 3.63) is 0 Å². The summed E-state index contributed by atoms with van der Waals surface area (Å²) in [4.78, 5) is 16.5. The third-order valence-corrected chi connectivity index (χ3v) is 4.19. The van der Waals surface area contributed by atoms with Gasteiger partial charge >= 0.3 is 0 Å². The SMILES string of the molecule is CC(N)CCOC(C)(O)CCC(=O)N1CCN(C(C)C)CC1. The van der Waals surface area contributed by atoms with Gasteiger partial charge in [-0.1, -0.05) is 0 Å². The number of hydrogen-bond donors (Lipinski definition) is 2. The molecule has 1 saturated heterocycles. The van der Waals surface area contributed by atoms with Crippen molar-refractivity contribution in [3.8, 4) is 0 Å². The standard InChI is InChI=1S/C16H33N3O3/c1-13(2)18-8-10-19(11-9-18)15(20)5-7-16(4,21)22-12-6-14(3)17/h13-14,21H,5-12,17H2,1-4H3. The monoisotopic (exact) mass is 315 g/mol. The number of piperazine rings is 1. The fraction of sp³-hybridized carbons (Fsp3) is 0.938. The quantitative estimate of drug-likeness (QED) is 0.647. The first-order valence-electron chi connectivity index (χ1n) is 8.35. The maximum absolute atomic E-state index is 12.2. The minimum Gasteiger partial charge on any atom is -0.366 e. The van der Waals surface area contributed by atoms with Crippen molar-refractivity contribution < 1.29 is 14.6 Å². The van der Waals surface area contributed by atoms with Crippen molar-refractivity contribution in [3.63, 3.8) is 0 Å². The van der Waals surface area contributed by atoms with Crippen LogP contribution in [0.5, 0.6) is 0 Å². The average Bonchev–Trinajstić information content (AvgIpc) is 2.44. The van der Waals surface area contributed by atoms with Crippen molar-refractivity contribution in [2.24, 2.45) is 5.73 Å². The zero-order valence-electron chi connectivity index (χ0n) is 14.5. The number of carbonyl (C=O) groups excluding carboxylic acids is 1. The molecule has 0 aromatic carbocycles. The molecule has 1 aliphatic heterocycles. The molecule has 1 amide bonds. The van der Waals surface area contributed by atoms with Crippen LogP contribution >= 0.6 is 0 Å². The van der Waals surface area contributed by atoms with E-state index in [0.29, 0.717) is 31.9 Å². The lowest BCUT2D eigenvalue weighted by molar-refractivity contribution is -0.197. The molecule has 3 N–H and O–H groups in total. The molecular weight excluding hydrogens is 282 g/mol. The van der Waals surface area contributed by atoms with Crippen molar-refractivity contribution >= 4 is 5.91 Å². The number of amides is 1. The molecule has 0 aromatic heterocycles. The predicted molar refractivity (Wildman–Crippen MR) is 87.4 cm³/mol. The van der Waals surface area contributed by atoms with E-state index >= 15 is 0 Å². The Morgan fingerprint density at radius 2 is 1.86 bits per heavy atom. The summed E-state index contributed by atoms with van der Waals surface area (Å²) in [6, 6.07) is 0.575. The summed E-state index contributed by atoms with van der Waals surface area (Å²) < 4.78 is 5.42. The van der Waals surface area contributed by atoms with Gasteiger partial charge in [0.05, 0.1) is 6.61 Å². The number of carbonyl (C=O) groups is 1. The van der Waals surface area contributed by atoms with E-state index < -0.39 is 5.79 Å². The Morgan fingerprint density at radius 1 is 1.27 bits per heavy atom. The van der Waals surface area contributed by atoms with Crippen LogP contribution in [-0.2, 0) is 9.53 Å².